The molecular formula is C18H26ClN3S. The number of anilines is 1. The Kier molecular flexibility index (Phi) is 6.15. The van der Waals surface area contributed by atoms with Crippen LogP contribution >= 0.6 is 23.8 Å². The zero-order valence-corrected chi connectivity index (χ0v) is 15.2. The molecule has 2 saturated heterocycles. The molecule has 0 radical (unpaired) electrons. The first-order chi connectivity index (χ1) is 11.2. The molecule has 0 bridgehead atoms. The average molecular weight is 352 g/mol. The summed E-state index contributed by atoms with van der Waals surface area (Å²) in [6.45, 7) is 4.81. The van der Waals surface area contributed by atoms with Crippen LogP contribution in [0, 0.1) is 0 Å². The van der Waals surface area contributed by atoms with E-state index in [9.17, 15) is 0 Å². The first kappa shape index (κ1) is 17.0. The second-order valence-electron chi connectivity index (χ2n) is 6.59. The second-order valence-corrected chi connectivity index (χ2v) is 7.38. The van der Waals surface area contributed by atoms with E-state index in [0.717, 1.165) is 22.4 Å². The molecule has 1 aromatic carbocycles. The fourth-order valence-corrected chi connectivity index (χ4v) is 4.19. The van der Waals surface area contributed by atoms with Gasteiger partial charge >= 0.3 is 0 Å². The molecule has 5 heteroatoms. The number of benzene rings is 1. The third-order valence-corrected chi connectivity index (χ3v) is 5.65. The number of para-hydroxylation sites is 1. The van der Waals surface area contributed by atoms with Crippen molar-refractivity contribution in [1.82, 2.24) is 9.80 Å². The first-order valence-electron chi connectivity index (χ1n) is 8.78. The highest BCUT2D eigenvalue weighted by atomic mass is 35.5. The predicted molar refractivity (Wildman–Crippen MR) is 102 cm³/mol. The Bertz CT molecular complexity index is 531. The lowest BCUT2D eigenvalue weighted by Gasteiger charge is -2.38. The van der Waals surface area contributed by atoms with Crippen LogP contribution in [0.25, 0.3) is 0 Å². The zero-order chi connectivity index (χ0) is 16.1. The molecule has 2 heterocycles. The number of nitrogens with zero attached hydrogens (tertiary/aromatic N) is 2. The maximum atomic E-state index is 6.24. The van der Waals surface area contributed by atoms with Crippen molar-refractivity contribution in [2.24, 2.45) is 0 Å². The third-order valence-electron chi connectivity index (χ3n) is 4.98. The Hall–Kier alpha value is -0.840. The van der Waals surface area contributed by atoms with E-state index in [1.165, 1.54) is 58.2 Å². The lowest BCUT2D eigenvalue weighted by Crippen LogP contribution is -2.47. The van der Waals surface area contributed by atoms with Crippen molar-refractivity contribution in [2.45, 2.75) is 44.6 Å². The van der Waals surface area contributed by atoms with Gasteiger partial charge in [0.05, 0.1) is 10.7 Å². The SMILES string of the molecule is S=C(Nc1ccccc1Cl)N1CCCC[C@@H]1CCN1CCCC1. The van der Waals surface area contributed by atoms with Crippen LogP contribution in [0.2, 0.25) is 5.02 Å². The molecule has 0 spiro atoms. The largest absolute Gasteiger partial charge is 0.346 e. The lowest BCUT2D eigenvalue weighted by molar-refractivity contribution is 0.206. The number of rotatable bonds is 4. The highest BCUT2D eigenvalue weighted by Crippen LogP contribution is 2.25. The third kappa shape index (κ3) is 4.59. The molecule has 2 aliphatic heterocycles. The minimum atomic E-state index is 0.562. The van der Waals surface area contributed by atoms with Crippen LogP contribution in [0.1, 0.15) is 38.5 Å². The standard InChI is InChI=1S/C18H26ClN3S/c19-16-8-1-2-9-17(16)20-18(23)22-13-4-3-7-15(22)10-14-21-11-5-6-12-21/h1-2,8-9,15H,3-7,10-14H2,(H,20,23)/t15-/m1/s1. The molecule has 3 rings (SSSR count). The van der Waals surface area contributed by atoms with Gasteiger partial charge in [-0.05, 0) is 76.0 Å². The summed E-state index contributed by atoms with van der Waals surface area (Å²) in [6.07, 6.45) is 7.73. The summed E-state index contributed by atoms with van der Waals surface area (Å²) < 4.78 is 0. The number of hydrogen-bond donors (Lipinski definition) is 1. The fourth-order valence-electron chi connectivity index (χ4n) is 3.66. The van der Waals surface area contributed by atoms with Gasteiger partial charge in [0.25, 0.3) is 0 Å². The topological polar surface area (TPSA) is 18.5 Å². The van der Waals surface area contributed by atoms with Crippen LogP contribution in [0.3, 0.4) is 0 Å². The van der Waals surface area contributed by atoms with Crippen molar-refractivity contribution in [2.75, 3.05) is 31.5 Å². The number of piperidine rings is 1. The lowest BCUT2D eigenvalue weighted by atomic mass is 9.99. The van der Waals surface area contributed by atoms with Crippen molar-refractivity contribution in [3.05, 3.63) is 29.3 Å². The molecule has 0 unspecified atom stereocenters. The van der Waals surface area contributed by atoms with Crippen molar-refractivity contribution in [3.8, 4) is 0 Å². The summed E-state index contributed by atoms with van der Waals surface area (Å²) in [6, 6.07) is 8.37. The maximum Gasteiger partial charge on any atom is 0.173 e. The van der Waals surface area contributed by atoms with Gasteiger partial charge in [-0.1, -0.05) is 23.7 Å². The van der Waals surface area contributed by atoms with E-state index in [1.54, 1.807) is 0 Å². The molecule has 0 amide bonds. The Morgan fingerprint density at radius 2 is 1.87 bits per heavy atom. The molecule has 2 fully saturated rings. The van der Waals surface area contributed by atoms with E-state index >= 15 is 0 Å². The highest BCUT2D eigenvalue weighted by Gasteiger charge is 2.25. The summed E-state index contributed by atoms with van der Waals surface area (Å²) in [5.41, 5.74) is 0.906. The monoisotopic (exact) mass is 351 g/mol. The second kappa shape index (κ2) is 8.32. The molecule has 2 aliphatic rings. The van der Waals surface area contributed by atoms with Crippen LogP contribution in [-0.2, 0) is 0 Å². The molecule has 1 N–H and O–H groups in total. The molecule has 0 aromatic heterocycles. The Morgan fingerprint density at radius 3 is 2.65 bits per heavy atom. The van der Waals surface area contributed by atoms with Crippen molar-refractivity contribution in [1.29, 1.82) is 0 Å². The summed E-state index contributed by atoms with van der Waals surface area (Å²) in [5.74, 6) is 0. The minimum absolute atomic E-state index is 0.562. The molecular weight excluding hydrogens is 326 g/mol. The van der Waals surface area contributed by atoms with E-state index in [4.69, 9.17) is 23.8 Å². The van der Waals surface area contributed by atoms with Crippen molar-refractivity contribution in [3.63, 3.8) is 0 Å². The van der Waals surface area contributed by atoms with Gasteiger partial charge in [0.1, 0.15) is 0 Å². The Labute approximate surface area is 150 Å². The number of nitrogens with one attached hydrogen (secondary N) is 1. The average Bonchev–Trinajstić information content (AvgIpc) is 3.09. The molecule has 3 nitrogen and oxygen atoms in total. The molecule has 0 saturated carbocycles. The number of halogens is 1. The van der Waals surface area contributed by atoms with Gasteiger partial charge in [0.2, 0.25) is 0 Å². The first-order valence-corrected chi connectivity index (χ1v) is 9.57. The molecule has 0 aliphatic carbocycles. The molecule has 1 atom stereocenters. The van der Waals surface area contributed by atoms with Crippen molar-refractivity contribution >= 4 is 34.6 Å². The van der Waals surface area contributed by atoms with Gasteiger partial charge in [-0.2, -0.15) is 0 Å². The number of hydrogen-bond acceptors (Lipinski definition) is 2. The maximum absolute atomic E-state index is 6.24. The highest BCUT2D eigenvalue weighted by molar-refractivity contribution is 7.80. The normalized spacial score (nSPS) is 22.3. The minimum Gasteiger partial charge on any atom is -0.346 e. The summed E-state index contributed by atoms with van der Waals surface area (Å²) in [7, 11) is 0. The van der Waals surface area contributed by atoms with Gasteiger partial charge in [-0.3, -0.25) is 0 Å². The zero-order valence-electron chi connectivity index (χ0n) is 13.6. The van der Waals surface area contributed by atoms with Crippen molar-refractivity contribution < 1.29 is 0 Å². The molecule has 23 heavy (non-hydrogen) atoms. The van der Waals surface area contributed by atoms with Crippen LogP contribution in [0.5, 0.6) is 0 Å². The van der Waals surface area contributed by atoms with E-state index < -0.39 is 0 Å². The number of likely N-dealkylation sites (tertiary alicyclic amines) is 2. The van der Waals surface area contributed by atoms with Gasteiger partial charge in [0.15, 0.2) is 5.11 Å². The van der Waals surface area contributed by atoms with Crippen LogP contribution in [0.4, 0.5) is 5.69 Å². The van der Waals surface area contributed by atoms with Gasteiger partial charge in [-0.15, -0.1) is 0 Å². The van der Waals surface area contributed by atoms with Crippen LogP contribution < -0.4 is 5.32 Å². The van der Waals surface area contributed by atoms with E-state index in [1.807, 2.05) is 24.3 Å². The smallest absolute Gasteiger partial charge is 0.173 e. The van der Waals surface area contributed by atoms with E-state index in [-0.39, 0.29) is 0 Å². The summed E-state index contributed by atoms with van der Waals surface area (Å²) in [4.78, 5) is 4.98. The predicted octanol–water partition coefficient (Wildman–Crippen LogP) is 4.38. The van der Waals surface area contributed by atoms with Gasteiger partial charge < -0.3 is 15.1 Å². The summed E-state index contributed by atoms with van der Waals surface area (Å²) >= 11 is 11.9. The summed E-state index contributed by atoms with van der Waals surface area (Å²) in [5, 5.41) is 4.90. The quantitative estimate of drug-likeness (QED) is 0.811. The number of thiocarbonyl (C=S) groups is 1. The van der Waals surface area contributed by atoms with E-state index in [2.05, 4.69) is 15.1 Å². The molecule has 126 valence electrons. The van der Waals surface area contributed by atoms with Crippen LogP contribution in [-0.4, -0.2) is 47.1 Å². The Balaban J connectivity index is 1.58. The fraction of sp³-hybridized carbons (Fsp3) is 0.611. The van der Waals surface area contributed by atoms with E-state index in [0.29, 0.717) is 6.04 Å². The van der Waals surface area contributed by atoms with Gasteiger partial charge in [0, 0.05) is 19.1 Å². The van der Waals surface area contributed by atoms with Gasteiger partial charge in [-0.25, -0.2) is 0 Å². The molecule has 1 aromatic rings. The van der Waals surface area contributed by atoms with Crippen LogP contribution in [0.15, 0.2) is 24.3 Å². The Morgan fingerprint density at radius 1 is 1.13 bits per heavy atom.